The van der Waals surface area contributed by atoms with E-state index in [1.165, 1.54) is 0 Å². The zero-order valence-electron chi connectivity index (χ0n) is 12.3. The van der Waals surface area contributed by atoms with Gasteiger partial charge in [-0.15, -0.1) is 0 Å². The number of nitrogens with zero attached hydrogens (tertiary/aromatic N) is 1. The lowest BCUT2D eigenvalue weighted by Crippen LogP contribution is -2.31. The molecule has 5 heteroatoms. The number of likely N-dealkylation sites (N-methyl/N-ethyl adjacent to an activating group) is 1. The van der Waals surface area contributed by atoms with Crippen LogP contribution in [0.4, 0.5) is 0 Å². The molecular weight excluding hydrogens is 256 g/mol. The fraction of sp³-hybridized carbons (Fsp3) is 0.533. The van der Waals surface area contributed by atoms with Crippen LogP contribution in [0.5, 0.6) is 5.75 Å². The lowest BCUT2D eigenvalue weighted by Gasteiger charge is -2.18. The second-order valence-corrected chi connectivity index (χ2v) is 4.53. The zero-order chi connectivity index (χ0) is 14.8. The standard InChI is InChI=1S/C15H24N2O3/c1-3-17(4-2)9-8-16-11-13-6-5-7-14(10-13)20-12-15(18)19/h5-7,10,16H,3-4,8-9,11-12H2,1-2H3,(H,18,19). The summed E-state index contributed by atoms with van der Waals surface area (Å²) >= 11 is 0. The minimum atomic E-state index is -0.965. The average molecular weight is 280 g/mol. The molecule has 0 amide bonds. The van der Waals surface area contributed by atoms with Crippen molar-refractivity contribution in [2.24, 2.45) is 0 Å². The minimum absolute atomic E-state index is 0.307. The SMILES string of the molecule is CCN(CC)CCNCc1cccc(OCC(=O)O)c1. The molecule has 0 saturated heterocycles. The maximum Gasteiger partial charge on any atom is 0.341 e. The van der Waals surface area contributed by atoms with E-state index in [0.717, 1.165) is 38.3 Å². The van der Waals surface area contributed by atoms with Crippen molar-refractivity contribution in [3.05, 3.63) is 29.8 Å². The molecule has 0 atom stereocenters. The highest BCUT2D eigenvalue weighted by molar-refractivity contribution is 5.68. The summed E-state index contributed by atoms with van der Waals surface area (Å²) < 4.78 is 5.15. The number of aliphatic carboxylic acids is 1. The number of hydrogen-bond acceptors (Lipinski definition) is 4. The van der Waals surface area contributed by atoms with Crippen molar-refractivity contribution in [2.45, 2.75) is 20.4 Å². The Morgan fingerprint density at radius 2 is 2.10 bits per heavy atom. The molecule has 0 saturated carbocycles. The summed E-state index contributed by atoms with van der Waals surface area (Å²) in [6, 6.07) is 7.51. The fourth-order valence-corrected chi connectivity index (χ4v) is 1.90. The Hall–Kier alpha value is -1.59. The largest absolute Gasteiger partial charge is 0.482 e. The van der Waals surface area contributed by atoms with E-state index < -0.39 is 5.97 Å². The Kier molecular flexibility index (Phi) is 7.69. The van der Waals surface area contributed by atoms with Crippen LogP contribution in [0.3, 0.4) is 0 Å². The first kappa shape index (κ1) is 16.5. The van der Waals surface area contributed by atoms with E-state index >= 15 is 0 Å². The van der Waals surface area contributed by atoms with Crippen molar-refractivity contribution in [2.75, 3.05) is 32.8 Å². The first-order chi connectivity index (χ1) is 9.65. The third-order valence-electron chi connectivity index (χ3n) is 3.09. The highest BCUT2D eigenvalue weighted by atomic mass is 16.5. The fourth-order valence-electron chi connectivity index (χ4n) is 1.90. The van der Waals surface area contributed by atoms with Crippen molar-refractivity contribution in [3.63, 3.8) is 0 Å². The van der Waals surface area contributed by atoms with Crippen LogP contribution >= 0.6 is 0 Å². The number of carboxylic acids is 1. The molecule has 20 heavy (non-hydrogen) atoms. The molecule has 1 rings (SSSR count). The van der Waals surface area contributed by atoms with Gasteiger partial charge in [0.1, 0.15) is 5.75 Å². The third-order valence-corrected chi connectivity index (χ3v) is 3.09. The predicted molar refractivity (Wildman–Crippen MR) is 79.1 cm³/mol. The van der Waals surface area contributed by atoms with Gasteiger partial charge in [0.15, 0.2) is 6.61 Å². The van der Waals surface area contributed by atoms with Crippen LogP contribution in [-0.2, 0) is 11.3 Å². The van der Waals surface area contributed by atoms with Crippen LogP contribution in [0.15, 0.2) is 24.3 Å². The van der Waals surface area contributed by atoms with Gasteiger partial charge in [0.25, 0.3) is 0 Å². The van der Waals surface area contributed by atoms with Crippen molar-refractivity contribution in [3.8, 4) is 5.75 Å². The van der Waals surface area contributed by atoms with Crippen molar-refractivity contribution < 1.29 is 14.6 Å². The van der Waals surface area contributed by atoms with Crippen LogP contribution in [0.1, 0.15) is 19.4 Å². The van der Waals surface area contributed by atoms with Gasteiger partial charge in [0, 0.05) is 19.6 Å². The van der Waals surface area contributed by atoms with Gasteiger partial charge in [0.05, 0.1) is 0 Å². The second-order valence-electron chi connectivity index (χ2n) is 4.53. The summed E-state index contributed by atoms with van der Waals surface area (Å²) in [4.78, 5) is 12.8. The molecular formula is C15H24N2O3. The maximum atomic E-state index is 10.4. The van der Waals surface area contributed by atoms with E-state index in [-0.39, 0.29) is 6.61 Å². The predicted octanol–water partition coefficient (Wildman–Crippen LogP) is 1.58. The van der Waals surface area contributed by atoms with Crippen LogP contribution in [-0.4, -0.2) is 48.8 Å². The molecule has 0 spiro atoms. The molecule has 0 heterocycles. The van der Waals surface area contributed by atoms with Crippen molar-refractivity contribution in [1.29, 1.82) is 0 Å². The molecule has 1 aromatic rings. The quantitative estimate of drug-likeness (QED) is 0.637. The van der Waals surface area contributed by atoms with Gasteiger partial charge in [-0.3, -0.25) is 0 Å². The lowest BCUT2D eigenvalue weighted by molar-refractivity contribution is -0.139. The Balaban J connectivity index is 2.33. The first-order valence-corrected chi connectivity index (χ1v) is 7.02. The molecule has 0 fully saturated rings. The molecule has 5 nitrogen and oxygen atoms in total. The molecule has 0 aromatic heterocycles. The lowest BCUT2D eigenvalue weighted by atomic mass is 10.2. The topological polar surface area (TPSA) is 61.8 Å². The smallest absolute Gasteiger partial charge is 0.341 e. The van der Waals surface area contributed by atoms with Crippen molar-refractivity contribution in [1.82, 2.24) is 10.2 Å². The van der Waals surface area contributed by atoms with Gasteiger partial charge >= 0.3 is 5.97 Å². The second kappa shape index (κ2) is 9.34. The van der Waals surface area contributed by atoms with Gasteiger partial charge in [-0.05, 0) is 30.8 Å². The summed E-state index contributed by atoms with van der Waals surface area (Å²) in [6.07, 6.45) is 0. The highest BCUT2D eigenvalue weighted by Gasteiger charge is 2.01. The Labute approximate surface area is 120 Å². The minimum Gasteiger partial charge on any atom is -0.482 e. The van der Waals surface area contributed by atoms with E-state index in [2.05, 4.69) is 24.1 Å². The molecule has 112 valence electrons. The summed E-state index contributed by atoms with van der Waals surface area (Å²) in [5, 5.41) is 12.0. The Bertz CT molecular complexity index is 406. The number of carboxylic acid groups (broad SMARTS) is 1. The molecule has 0 aliphatic heterocycles. The van der Waals surface area contributed by atoms with Crippen LogP contribution in [0.2, 0.25) is 0 Å². The average Bonchev–Trinajstić information content (AvgIpc) is 2.46. The number of hydrogen-bond donors (Lipinski definition) is 2. The van der Waals surface area contributed by atoms with Crippen LogP contribution in [0.25, 0.3) is 0 Å². The Morgan fingerprint density at radius 3 is 2.75 bits per heavy atom. The first-order valence-electron chi connectivity index (χ1n) is 7.02. The summed E-state index contributed by atoms with van der Waals surface area (Å²) in [5.74, 6) is -0.372. The molecule has 2 N–H and O–H groups in total. The van der Waals surface area contributed by atoms with E-state index in [9.17, 15) is 4.79 Å². The molecule has 0 aliphatic carbocycles. The van der Waals surface area contributed by atoms with Crippen LogP contribution in [0, 0.1) is 0 Å². The van der Waals surface area contributed by atoms with Gasteiger partial charge < -0.3 is 20.1 Å². The summed E-state index contributed by atoms with van der Waals surface area (Å²) in [7, 11) is 0. The van der Waals surface area contributed by atoms with E-state index in [4.69, 9.17) is 9.84 Å². The van der Waals surface area contributed by atoms with E-state index in [0.29, 0.717) is 5.75 Å². The normalized spacial score (nSPS) is 10.8. The summed E-state index contributed by atoms with van der Waals surface area (Å²) in [6.45, 7) is 8.86. The van der Waals surface area contributed by atoms with Crippen molar-refractivity contribution >= 4 is 5.97 Å². The van der Waals surface area contributed by atoms with Gasteiger partial charge in [0.2, 0.25) is 0 Å². The van der Waals surface area contributed by atoms with Gasteiger partial charge in [-0.2, -0.15) is 0 Å². The van der Waals surface area contributed by atoms with Gasteiger partial charge in [-0.1, -0.05) is 26.0 Å². The molecule has 0 unspecified atom stereocenters. The molecule has 0 aliphatic rings. The Morgan fingerprint density at radius 1 is 1.35 bits per heavy atom. The third kappa shape index (κ3) is 6.54. The van der Waals surface area contributed by atoms with Crippen LogP contribution < -0.4 is 10.1 Å². The molecule has 0 radical (unpaired) electrons. The number of rotatable bonds is 10. The van der Waals surface area contributed by atoms with Gasteiger partial charge in [-0.25, -0.2) is 4.79 Å². The molecule has 0 bridgehead atoms. The van der Waals surface area contributed by atoms with E-state index in [1.54, 1.807) is 6.07 Å². The number of carbonyl (C=O) groups is 1. The number of ether oxygens (including phenoxy) is 1. The molecule has 1 aromatic carbocycles. The monoisotopic (exact) mass is 280 g/mol. The summed E-state index contributed by atoms with van der Waals surface area (Å²) in [5.41, 5.74) is 1.09. The van der Waals surface area contributed by atoms with E-state index in [1.807, 2.05) is 18.2 Å². The zero-order valence-corrected chi connectivity index (χ0v) is 12.3. The maximum absolute atomic E-state index is 10.4. The number of benzene rings is 1. The number of nitrogens with one attached hydrogen (secondary N) is 1. The highest BCUT2D eigenvalue weighted by Crippen LogP contribution is 2.13.